The van der Waals surface area contributed by atoms with Gasteiger partial charge in [0.2, 0.25) is 23.6 Å². The van der Waals surface area contributed by atoms with E-state index in [-0.39, 0.29) is 19.4 Å². The summed E-state index contributed by atoms with van der Waals surface area (Å²) in [7, 11) is 0. The fourth-order valence-corrected chi connectivity index (χ4v) is 3.62. The van der Waals surface area contributed by atoms with Gasteiger partial charge in [-0.15, -0.1) is 0 Å². The lowest BCUT2D eigenvalue weighted by Crippen LogP contribution is -2.59. The maximum atomic E-state index is 13.0. The second kappa shape index (κ2) is 14.1. The summed E-state index contributed by atoms with van der Waals surface area (Å²) in [6.45, 7) is 1.01. The first-order valence-corrected chi connectivity index (χ1v) is 11.0. The van der Waals surface area contributed by atoms with Gasteiger partial charge in [-0.3, -0.25) is 19.2 Å². The molecule has 1 aliphatic rings. The highest BCUT2D eigenvalue weighted by molar-refractivity contribution is 5.96. The molecule has 4 amide bonds. The number of hydrogen-bond acceptors (Lipinski definition) is 9. The monoisotopic (exact) mass is 486 g/mol. The zero-order valence-corrected chi connectivity index (χ0v) is 19.0. The van der Waals surface area contributed by atoms with Crippen molar-refractivity contribution in [3.05, 3.63) is 0 Å². The number of carbonyl (C=O) groups is 6. The van der Waals surface area contributed by atoms with E-state index >= 15 is 0 Å². The summed E-state index contributed by atoms with van der Waals surface area (Å²) in [5.41, 5.74) is 3.70. The van der Waals surface area contributed by atoms with E-state index in [1.54, 1.807) is 0 Å². The van der Waals surface area contributed by atoms with Gasteiger partial charge in [-0.2, -0.15) is 0 Å². The van der Waals surface area contributed by atoms with Crippen LogP contribution in [0.4, 0.5) is 0 Å². The van der Waals surface area contributed by atoms with Gasteiger partial charge in [0.25, 0.3) is 0 Å². The first-order valence-electron chi connectivity index (χ1n) is 11.0. The molecule has 0 aliphatic carbocycles. The van der Waals surface area contributed by atoms with Crippen LogP contribution in [-0.2, 0) is 28.8 Å². The van der Waals surface area contributed by atoms with Gasteiger partial charge < -0.3 is 51.5 Å². The van der Waals surface area contributed by atoms with Crippen LogP contribution in [-0.4, -0.2) is 89.4 Å². The van der Waals surface area contributed by atoms with Crippen molar-refractivity contribution in [2.45, 2.75) is 69.6 Å². The number of amides is 4. The van der Waals surface area contributed by atoms with E-state index in [1.165, 1.54) is 0 Å². The number of aliphatic carboxylic acids is 2. The van der Waals surface area contributed by atoms with Crippen LogP contribution in [0, 0.1) is 0 Å². The van der Waals surface area contributed by atoms with Crippen LogP contribution >= 0.6 is 0 Å². The van der Waals surface area contributed by atoms with Crippen LogP contribution < -0.4 is 31.9 Å². The number of carboxylic acid groups (broad SMARTS) is 2. The van der Waals surface area contributed by atoms with Crippen molar-refractivity contribution in [1.82, 2.24) is 20.9 Å². The molecule has 0 aromatic carbocycles. The van der Waals surface area contributed by atoms with Crippen molar-refractivity contribution >= 4 is 35.6 Å². The molecule has 14 nitrogen and oxygen atoms in total. The summed E-state index contributed by atoms with van der Waals surface area (Å²) in [5.74, 6) is -6.42. The van der Waals surface area contributed by atoms with Crippen molar-refractivity contribution in [2.75, 3.05) is 19.7 Å². The summed E-state index contributed by atoms with van der Waals surface area (Å²) in [4.78, 5) is 73.0. The number of carboxylic acids is 2. The maximum absolute atomic E-state index is 13.0. The number of nitrogens with one attached hydrogen (secondary N) is 3. The molecule has 0 unspecified atom stereocenters. The maximum Gasteiger partial charge on any atom is 0.245 e. The molecule has 14 heteroatoms. The topological polar surface area (TPSA) is 236 Å². The van der Waals surface area contributed by atoms with Crippen LogP contribution in [0.5, 0.6) is 0 Å². The Kier molecular flexibility index (Phi) is 11.9. The third kappa shape index (κ3) is 8.94. The van der Waals surface area contributed by atoms with Crippen molar-refractivity contribution in [1.29, 1.82) is 0 Å². The zero-order valence-electron chi connectivity index (χ0n) is 19.0. The fourth-order valence-electron chi connectivity index (χ4n) is 3.62. The van der Waals surface area contributed by atoms with Gasteiger partial charge >= 0.3 is 0 Å². The van der Waals surface area contributed by atoms with E-state index in [4.69, 9.17) is 0 Å². The highest BCUT2D eigenvalue weighted by Gasteiger charge is 2.35. The molecular weight excluding hydrogens is 454 g/mol. The van der Waals surface area contributed by atoms with Gasteiger partial charge in [-0.05, 0) is 32.1 Å². The van der Waals surface area contributed by atoms with Crippen molar-refractivity contribution in [3.63, 3.8) is 0 Å². The zero-order chi connectivity index (χ0) is 25.8. The molecule has 4 atom stereocenters. The van der Waals surface area contributed by atoms with Crippen molar-refractivity contribution < 1.29 is 49.8 Å². The number of hydrogen-bond donors (Lipinski definition) is 5. The largest absolute Gasteiger partial charge is 0.550 e. The van der Waals surface area contributed by atoms with Crippen LogP contribution in [0.15, 0.2) is 0 Å². The normalized spacial score (nSPS) is 17.9. The Hall–Kier alpha value is -3.26. The molecular formula is C20H32N5O9-. The van der Waals surface area contributed by atoms with E-state index in [0.29, 0.717) is 25.8 Å². The Labute approximate surface area is 196 Å². The third-order valence-corrected chi connectivity index (χ3v) is 5.30. The molecule has 1 fully saturated rings. The Morgan fingerprint density at radius 3 is 2.15 bits per heavy atom. The van der Waals surface area contributed by atoms with E-state index in [2.05, 4.69) is 21.7 Å². The molecule has 0 radical (unpaired) electrons. The number of nitrogens with zero attached hydrogens (tertiary/aromatic N) is 1. The lowest BCUT2D eigenvalue weighted by molar-refractivity contribution is -0.368. The number of aliphatic hydroxyl groups excluding tert-OH is 1. The van der Waals surface area contributed by atoms with Gasteiger partial charge in [-0.1, -0.05) is 0 Å². The van der Waals surface area contributed by atoms with Crippen LogP contribution in [0.3, 0.4) is 0 Å². The molecule has 1 heterocycles. The summed E-state index contributed by atoms with van der Waals surface area (Å²) in [5, 5.41) is 38.5. The Balaban J connectivity index is 3.03. The minimum absolute atomic E-state index is 0.132. The predicted octanol–water partition coefficient (Wildman–Crippen LogP) is -6.25. The SMILES string of the molecule is CC(=O)N[C@@H](CO)C(=O)N[C@@H](CC(=O)[O-])C(=O)N[C@@H](CCCC[NH3+])C(=O)N1CCC[C@H]1C(=O)[O-]. The van der Waals surface area contributed by atoms with Gasteiger partial charge in [0.05, 0.1) is 25.2 Å². The molecule has 7 N–H and O–H groups in total. The standard InChI is InChI=1S/C20H33N5O9/c1-11(27)22-14(10-26)18(31)24-13(9-16(28)29)17(30)23-12(5-2-3-7-21)19(32)25-8-4-6-15(25)20(33)34/h12-15,26H,2-10,21H2,1H3,(H,22,27)(H,23,30)(H,24,31)(H,28,29)(H,33,34)/p-1/t12-,13-,14-,15-/m0/s1. The van der Waals surface area contributed by atoms with Crippen LogP contribution in [0.1, 0.15) is 45.4 Å². The smallest absolute Gasteiger partial charge is 0.245 e. The lowest BCUT2D eigenvalue weighted by Gasteiger charge is -2.31. The molecule has 1 saturated heterocycles. The number of quaternary nitrogens is 1. The van der Waals surface area contributed by atoms with Gasteiger partial charge in [0, 0.05) is 25.9 Å². The van der Waals surface area contributed by atoms with Crippen molar-refractivity contribution in [2.24, 2.45) is 0 Å². The summed E-state index contributed by atoms with van der Waals surface area (Å²) in [6, 6.07) is -5.43. The first-order chi connectivity index (χ1) is 16.0. The Morgan fingerprint density at radius 2 is 1.62 bits per heavy atom. The fraction of sp³-hybridized carbons (Fsp3) is 0.700. The highest BCUT2D eigenvalue weighted by atomic mass is 16.4. The first kappa shape index (κ1) is 28.8. The van der Waals surface area contributed by atoms with E-state index < -0.39 is 72.8 Å². The van der Waals surface area contributed by atoms with Crippen molar-refractivity contribution in [3.8, 4) is 0 Å². The summed E-state index contributed by atoms with van der Waals surface area (Å²) >= 11 is 0. The average molecular weight is 487 g/mol. The summed E-state index contributed by atoms with van der Waals surface area (Å²) < 4.78 is 0. The number of rotatable bonds is 14. The lowest BCUT2D eigenvalue weighted by atomic mass is 10.1. The molecule has 0 saturated carbocycles. The third-order valence-electron chi connectivity index (χ3n) is 5.30. The average Bonchev–Trinajstić information content (AvgIpc) is 3.25. The molecule has 1 rings (SSSR count). The second-order valence-corrected chi connectivity index (χ2v) is 7.99. The minimum Gasteiger partial charge on any atom is -0.550 e. The molecule has 0 spiro atoms. The number of aliphatic hydroxyl groups is 1. The Bertz CT molecular complexity index is 776. The number of unbranched alkanes of at least 4 members (excludes halogenated alkanes) is 1. The molecule has 0 aromatic rings. The molecule has 0 bridgehead atoms. The minimum atomic E-state index is -1.68. The van der Waals surface area contributed by atoms with Gasteiger partial charge in [0.15, 0.2) is 0 Å². The quantitative estimate of drug-likeness (QED) is 0.147. The van der Waals surface area contributed by atoms with Crippen LogP contribution in [0.2, 0.25) is 0 Å². The summed E-state index contributed by atoms with van der Waals surface area (Å²) in [6.07, 6.45) is 0.935. The van der Waals surface area contributed by atoms with E-state index in [0.717, 1.165) is 11.8 Å². The Morgan fingerprint density at radius 1 is 1.00 bits per heavy atom. The molecule has 1 aliphatic heterocycles. The predicted molar refractivity (Wildman–Crippen MR) is 110 cm³/mol. The van der Waals surface area contributed by atoms with E-state index in [9.17, 15) is 44.1 Å². The molecule has 192 valence electrons. The molecule has 34 heavy (non-hydrogen) atoms. The second-order valence-electron chi connectivity index (χ2n) is 7.99. The number of likely N-dealkylation sites (tertiary alicyclic amines) is 1. The van der Waals surface area contributed by atoms with E-state index in [1.807, 2.05) is 0 Å². The van der Waals surface area contributed by atoms with Gasteiger partial charge in [-0.25, -0.2) is 0 Å². The number of carbonyl (C=O) groups excluding carboxylic acids is 6. The van der Waals surface area contributed by atoms with Gasteiger partial charge in [0.1, 0.15) is 18.1 Å². The highest BCUT2D eigenvalue weighted by Crippen LogP contribution is 2.19. The van der Waals surface area contributed by atoms with Crippen LogP contribution in [0.25, 0.3) is 0 Å². The molecule has 0 aromatic heterocycles.